The van der Waals surface area contributed by atoms with Gasteiger partial charge >= 0.3 is 6.03 Å². The van der Waals surface area contributed by atoms with Gasteiger partial charge in [0.1, 0.15) is 5.69 Å². The predicted molar refractivity (Wildman–Crippen MR) is 109 cm³/mol. The van der Waals surface area contributed by atoms with Crippen LogP contribution in [0.1, 0.15) is 17.7 Å². The van der Waals surface area contributed by atoms with Crippen LogP contribution < -0.4 is 10.6 Å². The molecule has 0 saturated carbocycles. The number of carbonyl (C=O) groups excluding carboxylic acids is 2. The van der Waals surface area contributed by atoms with Crippen molar-refractivity contribution in [1.29, 1.82) is 0 Å². The third kappa shape index (κ3) is 4.42. The van der Waals surface area contributed by atoms with Gasteiger partial charge in [0.2, 0.25) is 5.91 Å². The number of aromatic nitrogens is 1. The summed E-state index contributed by atoms with van der Waals surface area (Å²) in [6.07, 6.45) is 3.16. The molecule has 2 N–H and O–H groups in total. The highest BCUT2D eigenvalue weighted by Crippen LogP contribution is 2.26. The molecule has 3 aromatic heterocycles. The Balaban J connectivity index is 1.31. The summed E-state index contributed by atoms with van der Waals surface area (Å²) in [7, 11) is 0. The fraction of sp³-hybridized carbons (Fsp3) is 0.316. The van der Waals surface area contributed by atoms with E-state index in [9.17, 15) is 9.59 Å². The molecular formula is C19H20N4O3S2. The molecule has 0 aliphatic carbocycles. The first-order chi connectivity index (χ1) is 13.7. The maximum Gasteiger partial charge on any atom is 0.317 e. The number of thiophene rings is 1. The highest BCUT2D eigenvalue weighted by atomic mass is 32.1. The van der Waals surface area contributed by atoms with Gasteiger partial charge in [-0.3, -0.25) is 4.79 Å². The van der Waals surface area contributed by atoms with Crippen molar-refractivity contribution in [3.8, 4) is 11.5 Å². The van der Waals surface area contributed by atoms with Crippen molar-refractivity contribution in [3.05, 3.63) is 46.2 Å². The van der Waals surface area contributed by atoms with Gasteiger partial charge in [-0.1, -0.05) is 6.07 Å². The van der Waals surface area contributed by atoms with Crippen molar-refractivity contribution in [3.63, 3.8) is 0 Å². The highest BCUT2D eigenvalue weighted by molar-refractivity contribution is 7.14. The number of piperidine rings is 1. The van der Waals surface area contributed by atoms with Crippen LogP contribution in [0, 0.1) is 5.92 Å². The van der Waals surface area contributed by atoms with Crippen molar-refractivity contribution in [1.82, 2.24) is 15.2 Å². The van der Waals surface area contributed by atoms with E-state index in [1.807, 2.05) is 29.0 Å². The molecule has 146 valence electrons. The second-order valence-electron chi connectivity index (χ2n) is 6.53. The van der Waals surface area contributed by atoms with E-state index in [1.54, 1.807) is 28.6 Å². The number of rotatable bonds is 5. The molecular weight excluding hydrogens is 396 g/mol. The van der Waals surface area contributed by atoms with E-state index < -0.39 is 0 Å². The van der Waals surface area contributed by atoms with Crippen LogP contribution in [0.2, 0.25) is 0 Å². The summed E-state index contributed by atoms with van der Waals surface area (Å²) in [5.41, 5.74) is 0.698. The molecule has 9 heteroatoms. The number of anilines is 1. The quantitative estimate of drug-likeness (QED) is 0.657. The van der Waals surface area contributed by atoms with Crippen LogP contribution in [0.5, 0.6) is 0 Å². The number of thiazole rings is 1. The van der Waals surface area contributed by atoms with E-state index in [0.717, 1.165) is 17.7 Å². The van der Waals surface area contributed by atoms with E-state index >= 15 is 0 Å². The summed E-state index contributed by atoms with van der Waals surface area (Å²) < 4.78 is 5.33. The van der Waals surface area contributed by atoms with Crippen molar-refractivity contribution in [2.24, 2.45) is 5.92 Å². The topological polar surface area (TPSA) is 87.5 Å². The summed E-state index contributed by atoms with van der Waals surface area (Å²) in [6.45, 7) is 1.59. The number of nitrogens with zero attached hydrogens (tertiary/aromatic N) is 2. The maximum atomic E-state index is 12.7. The summed E-state index contributed by atoms with van der Waals surface area (Å²) in [6, 6.07) is 7.45. The number of nitrogens with one attached hydrogen (secondary N) is 2. The Morgan fingerprint density at radius 3 is 3.00 bits per heavy atom. The summed E-state index contributed by atoms with van der Waals surface area (Å²) in [4.78, 5) is 32.3. The van der Waals surface area contributed by atoms with Gasteiger partial charge in [0.25, 0.3) is 0 Å². The van der Waals surface area contributed by atoms with Crippen LogP contribution in [0.25, 0.3) is 11.5 Å². The number of carbonyl (C=O) groups is 2. The molecule has 0 radical (unpaired) electrons. The Kier molecular flexibility index (Phi) is 5.73. The Bertz CT molecular complexity index is 921. The lowest BCUT2D eigenvalue weighted by Gasteiger charge is -2.31. The number of amides is 3. The Labute approximate surface area is 170 Å². The average Bonchev–Trinajstić information content (AvgIpc) is 3.48. The van der Waals surface area contributed by atoms with E-state index in [-0.39, 0.29) is 17.9 Å². The number of likely N-dealkylation sites (tertiary alicyclic amines) is 1. The van der Waals surface area contributed by atoms with E-state index in [4.69, 9.17) is 4.42 Å². The van der Waals surface area contributed by atoms with Crippen LogP contribution in [0.15, 0.2) is 45.7 Å². The van der Waals surface area contributed by atoms with Crippen molar-refractivity contribution < 1.29 is 14.0 Å². The molecule has 4 heterocycles. The Morgan fingerprint density at radius 1 is 1.29 bits per heavy atom. The van der Waals surface area contributed by atoms with Crippen LogP contribution in [0.3, 0.4) is 0 Å². The van der Waals surface area contributed by atoms with Gasteiger partial charge in [-0.05, 0) is 36.4 Å². The van der Waals surface area contributed by atoms with Gasteiger partial charge in [0.15, 0.2) is 10.9 Å². The van der Waals surface area contributed by atoms with Gasteiger partial charge in [-0.25, -0.2) is 9.78 Å². The third-order valence-corrected chi connectivity index (χ3v) is 6.22. The summed E-state index contributed by atoms with van der Waals surface area (Å²) in [5, 5.41) is 10.2. The molecule has 3 aromatic rings. The normalized spacial score (nSPS) is 16.7. The van der Waals surface area contributed by atoms with Crippen molar-refractivity contribution in [2.75, 3.05) is 18.4 Å². The molecule has 0 aromatic carbocycles. The molecule has 3 amide bonds. The third-order valence-electron chi connectivity index (χ3n) is 4.58. The maximum absolute atomic E-state index is 12.7. The Hall–Kier alpha value is -2.65. The van der Waals surface area contributed by atoms with Gasteiger partial charge in [-0.15, -0.1) is 22.7 Å². The minimum Gasteiger partial charge on any atom is -0.463 e. The van der Waals surface area contributed by atoms with Crippen LogP contribution in [-0.2, 0) is 11.3 Å². The standard InChI is InChI=1S/C19H20N4O3S2/c24-17(22-18-21-15(12-28-18)16-6-2-8-26-16)13-4-1-7-23(11-13)19(25)20-10-14-5-3-9-27-14/h2-3,5-6,8-9,12-13H,1,4,7,10-11H2,(H,20,25)(H,21,22,24). The predicted octanol–water partition coefficient (Wildman–Crippen LogP) is 4.02. The van der Waals surface area contributed by atoms with E-state index in [0.29, 0.717) is 36.2 Å². The lowest BCUT2D eigenvalue weighted by atomic mass is 9.97. The first-order valence-corrected chi connectivity index (χ1v) is 10.8. The van der Waals surface area contributed by atoms with Gasteiger partial charge in [-0.2, -0.15) is 0 Å². The molecule has 1 aliphatic heterocycles. The highest BCUT2D eigenvalue weighted by Gasteiger charge is 2.29. The fourth-order valence-corrected chi connectivity index (χ4v) is 4.49. The number of hydrogen-bond donors (Lipinski definition) is 2. The monoisotopic (exact) mass is 416 g/mol. The molecule has 0 bridgehead atoms. The number of hydrogen-bond acceptors (Lipinski definition) is 6. The second-order valence-corrected chi connectivity index (χ2v) is 8.42. The lowest BCUT2D eigenvalue weighted by molar-refractivity contribution is -0.121. The smallest absolute Gasteiger partial charge is 0.317 e. The van der Waals surface area contributed by atoms with Crippen molar-refractivity contribution in [2.45, 2.75) is 19.4 Å². The SMILES string of the molecule is O=C(Nc1nc(-c2ccco2)cs1)C1CCCN(C(=O)NCc2cccs2)C1. The molecule has 1 atom stereocenters. The molecule has 7 nitrogen and oxygen atoms in total. The number of urea groups is 1. The van der Waals surface area contributed by atoms with Gasteiger partial charge < -0.3 is 20.0 Å². The summed E-state index contributed by atoms with van der Waals surface area (Å²) >= 11 is 2.97. The Morgan fingerprint density at radius 2 is 2.21 bits per heavy atom. The zero-order valence-electron chi connectivity index (χ0n) is 15.1. The first-order valence-electron chi connectivity index (χ1n) is 9.04. The average molecular weight is 417 g/mol. The zero-order valence-corrected chi connectivity index (χ0v) is 16.7. The molecule has 0 spiro atoms. The largest absolute Gasteiger partial charge is 0.463 e. The molecule has 4 rings (SSSR count). The molecule has 28 heavy (non-hydrogen) atoms. The van der Waals surface area contributed by atoms with E-state index in [1.165, 1.54) is 11.3 Å². The van der Waals surface area contributed by atoms with E-state index in [2.05, 4.69) is 15.6 Å². The lowest BCUT2D eigenvalue weighted by Crippen LogP contribution is -2.47. The zero-order chi connectivity index (χ0) is 19.3. The van der Waals surface area contributed by atoms with Crippen LogP contribution in [-0.4, -0.2) is 34.9 Å². The first kappa shape index (κ1) is 18.7. The number of furan rings is 1. The second kappa shape index (κ2) is 8.57. The summed E-state index contributed by atoms with van der Waals surface area (Å²) in [5.74, 6) is 0.330. The van der Waals surface area contributed by atoms with Crippen LogP contribution >= 0.6 is 22.7 Å². The molecule has 1 fully saturated rings. The molecule has 1 saturated heterocycles. The fourth-order valence-electron chi connectivity index (χ4n) is 3.14. The van der Waals surface area contributed by atoms with Crippen molar-refractivity contribution >= 4 is 39.7 Å². The van der Waals surface area contributed by atoms with Gasteiger partial charge in [0, 0.05) is 23.3 Å². The molecule has 1 unspecified atom stereocenters. The molecule has 1 aliphatic rings. The minimum absolute atomic E-state index is 0.101. The van der Waals surface area contributed by atoms with Gasteiger partial charge in [0.05, 0.1) is 18.7 Å². The van der Waals surface area contributed by atoms with Crippen LogP contribution in [0.4, 0.5) is 9.93 Å². The minimum atomic E-state index is -0.239.